The van der Waals surface area contributed by atoms with Gasteiger partial charge in [0, 0.05) is 42.7 Å². The molecule has 2 bridgehead atoms. The molecule has 334 valence electrons. The van der Waals surface area contributed by atoms with Crippen LogP contribution in [0.1, 0.15) is 86.7 Å². The quantitative estimate of drug-likeness (QED) is 0.126. The Morgan fingerprint density at radius 1 is 0.857 bits per heavy atom. The highest BCUT2D eigenvalue weighted by Gasteiger charge is 2.78. The minimum Gasteiger partial charge on any atom is -0.456 e. The molecular formula is C47H50ClNO14. The standard InChI is InChI=1S/C47H50ClNO14/c1-24-31(61-43(57)36(53)35(27-13-9-7-10-14-27)49-41(55)28-17-19-30(48)20-18-28)22-47(58)40(62-42(56)29-15-11-8-12-16-29)38-45(6,32(52)21-33-46(38,23-59-33)63-26(3)51)39(54)37(60-25(2)50)34(24)44(47,4)5/h7-20,31-33,35-38,40,52-53,58H,21-23H2,1-6H3,(H,49,55)/t31-,32-,33+,35?,36+,37+,38-,40-,45+,46-,47+/m0/s1. The molecule has 1 saturated heterocycles. The number of ether oxygens (including phenoxy) is 5. The van der Waals surface area contributed by atoms with Crippen LogP contribution in [0, 0.1) is 16.7 Å². The topological polar surface area (TPSA) is 221 Å². The lowest BCUT2D eigenvalue weighted by Gasteiger charge is -2.67. The Kier molecular flexibility index (Phi) is 12.2. The predicted octanol–water partition coefficient (Wildman–Crippen LogP) is 4.39. The van der Waals surface area contributed by atoms with Gasteiger partial charge in [0.1, 0.15) is 23.9 Å². The van der Waals surface area contributed by atoms with Crippen molar-refractivity contribution < 1.29 is 67.8 Å². The number of benzene rings is 3. The fourth-order valence-corrected chi connectivity index (χ4v) is 10.3. The molecule has 0 radical (unpaired) electrons. The molecule has 1 aliphatic heterocycles. The molecule has 1 amide bonds. The Balaban J connectivity index is 1.38. The largest absolute Gasteiger partial charge is 0.456 e. The minimum absolute atomic E-state index is 0.0134. The molecule has 16 heteroatoms. The highest BCUT2D eigenvalue weighted by Crippen LogP contribution is 2.64. The van der Waals surface area contributed by atoms with Gasteiger partial charge in [0.05, 0.1) is 35.6 Å². The second-order valence-corrected chi connectivity index (χ2v) is 17.9. The lowest BCUT2D eigenvalue weighted by molar-refractivity contribution is -0.346. The number of hydrogen-bond donors (Lipinski definition) is 4. The Bertz CT molecular complexity index is 2340. The summed E-state index contributed by atoms with van der Waals surface area (Å²) in [4.78, 5) is 83.6. The normalized spacial score (nSPS) is 31.6. The van der Waals surface area contributed by atoms with Gasteiger partial charge < -0.3 is 44.3 Å². The van der Waals surface area contributed by atoms with E-state index in [1.165, 1.54) is 50.2 Å². The number of rotatable bonds is 10. The van der Waals surface area contributed by atoms with Crippen molar-refractivity contribution >= 4 is 47.2 Å². The maximum Gasteiger partial charge on any atom is 0.338 e. The van der Waals surface area contributed by atoms with E-state index in [4.69, 9.17) is 35.3 Å². The average Bonchev–Trinajstić information content (AvgIpc) is 3.24. The van der Waals surface area contributed by atoms with Crippen molar-refractivity contribution in [2.45, 2.75) is 108 Å². The summed E-state index contributed by atoms with van der Waals surface area (Å²) in [6, 6.07) is 20.6. The zero-order valence-electron chi connectivity index (χ0n) is 35.5. The van der Waals surface area contributed by atoms with Crippen molar-refractivity contribution in [3.8, 4) is 0 Å². The van der Waals surface area contributed by atoms with Gasteiger partial charge in [-0.3, -0.25) is 19.2 Å². The van der Waals surface area contributed by atoms with Gasteiger partial charge in [-0.15, -0.1) is 0 Å². The summed E-state index contributed by atoms with van der Waals surface area (Å²) in [5.41, 5.74) is -7.19. The first kappa shape index (κ1) is 45.6. The van der Waals surface area contributed by atoms with E-state index < -0.39 is 113 Å². The third-order valence-electron chi connectivity index (χ3n) is 13.6. The van der Waals surface area contributed by atoms with Crippen LogP contribution >= 0.6 is 11.6 Å². The number of amides is 1. The highest BCUT2D eigenvalue weighted by molar-refractivity contribution is 6.30. The highest BCUT2D eigenvalue weighted by atomic mass is 35.5. The summed E-state index contributed by atoms with van der Waals surface area (Å²) in [6.07, 6.45) is -10.6. The average molecular weight is 888 g/mol. The number of ketones is 1. The van der Waals surface area contributed by atoms with E-state index in [-0.39, 0.29) is 35.3 Å². The summed E-state index contributed by atoms with van der Waals surface area (Å²) >= 11 is 6.03. The van der Waals surface area contributed by atoms with Crippen molar-refractivity contribution in [2.75, 3.05) is 6.61 Å². The molecule has 15 nitrogen and oxygen atoms in total. The van der Waals surface area contributed by atoms with Crippen LogP contribution in [0.25, 0.3) is 0 Å². The van der Waals surface area contributed by atoms with E-state index in [0.29, 0.717) is 10.6 Å². The molecule has 4 N–H and O–H groups in total. The molecule has 3 fully saturated rings. The number of carbonyl (C=O) groups excluding carboxylic acids is 6. The molecule has 4 aliphatic rings. The van der Waals surface area contributed by atoms with Gasteiger partial charge >= 0.3 is 23.9 Å². The molecular weight excluding hydrogens is 838 g/mol. The van der Waals surface area contributed by atoms with Crippen molar-refractivity contribution in [1.29, 1.82) is 0 Å². The summed E-state index contributed by atoms with van der Waals surface area (Å²) in [5, 5.41) is 40.6. The van der Waals surface area contributed by atoms with Crippen molar-refractivity contribution in [3.63, 3.8) is 0 Å². The second-order valence-electron chi connectivity index (χ2n) is 17.5. The molecule has 3 aliphatic carbocycles. The molecule has 2 saturated carbocycles. The second kappa shape index (κ2) is 16.9. The van der Waals surface area contributed by atoms with Crippen LogP contribution < -0.4 is 5.32 Å². The van der Waals surface area contributed by atoms with Gasteiger partial charge in [-0.25, -0.2) is 9.59 Å². The van der Waals surface area contributed by atoms with Crippen LogP contribution in [0.3, 0.4) is 0 Å². The molecule has 63 heavy (non-hydrogen) atoms. The third kappa shape index (κ3) is 7.73. The first-order chi connectivity index (χ1) is 29.7. The van der Waals surface area contributed by atoms with E-state index in [1.807, 2.05) is 0 Å². The summed E-state index contributed by atoms with van der Waals surface area (Å²) < 4.78 is 30.3. The lowest BCUT2D eigenvalue weighted by atomic mass is 9.44. The Morgan fingerprint density at radius 2 is 1.48 bits per heavy atom. The maximum absolute atomic E-state index is 15.5. The smallest absolute Gasteiger partial charge is 0.338 e. The van der Waals surface area contributed by atoms with E-state index in [1.54, 1.807) is 62.4 Å². The number of Topliss-reactive ketones (excluding diaryl/α,β-unsaturated/α-hetero) is 1. The Labute approximate surface area is 368 Å². The Hall–Kier alpha value is -5.45. The molecule has 1 unspecified atom stereocenters. The predicted molar refractivity (Wildman–Crippen MR) is 223 cm³/mol. The fraction of sp³-hybridized carbons (Fsp3) is 0.447. The molecule has 0 aromatic heterocycles. The van der Waals surface area contributed by atoms with Gasteiger partial charge in [0.2, 0.25) is 0 Å². The summed E-state index contributed by atoms with van der Waals surface area (Å²) in [6.45, 7) is 7.93. The van der Waals surface area contributed by atoms with Crippen molar-refractivity contribution in [1.82, 2.24) is 5.32 Å². The molecule has 3 aromatic rings. The van der Waals surface area contributed by atoms with Gasteiger partial charge in [-0.2, -0.15) is 0 Å². The van der Waals surface area contributed by atoms with E-state index in [0.717, 1.165) is 13.8 Å². The van der Waals surface area contributed by atoms with Crippen LogP contribution in [0.4, 0.5) is 0 Å². The minimum atomic E-state index is -2.40. The molecule has 3 aromatic carbocycles. The lowest BCUT2D eigenvalue weighted by Crippen LogP contribution is -2.82. The van der Waals surface area contributed by atoms with Crippen LogP contribution in [0.5, 0.6) is 0 Å². The number of nitrogens with one attached hydrogen (secondary N) is 1. The van der Waals surface area contributed by atoms with E-state index >= 15 is 4.79 Å². The Morgan fingerprint density at radius 3 is 2.05 bits per heavy atom. The third-order valence-corrected chi connectivity index (χ3v) is 13.8. The maximum atomic E-state index is 15.5. The van der Waals surface area contributed by atoms with Gasteiger partial charge in [-0.05, 0) is 67.0 Å². The van der Waals surface area contributed by atoms with Gasteiger partial charge in [0.15, 0.2) is 23.6 Å². The summed E-state index contributed by atoms with van der Waals surface area (Å²) in [5.74, 6) is -6.95. The number of aliphatic hydroxyl groups excluding tert-OH is 2. The zero-order chi connectivity index (χ0) is 45.8. The van der Waals surface area contributed by atoms with Crippen LogP contribution in [0.15, 0.2) is 96.1 Å². The first-order valence-electron chi connectivity index (χ1n) is 20.6. The molecule has 0 spiro atoms. The van der Waals surface area contributed by atoms with E-state index in [9.17, 15) is 39.3 Å². The summed E-state index contributed by atoms with van der Waals surface area (Å²) in [7, 11) is 0. The van der Waals surface area contributed by atoms with Crippen molar-refractivity contribution in [2.24, 2.45) is 16.7 Å². The monoisotopic (exact) mass is 887 g/mol. The number of aliphatic hydroxyl groups is 3. The number of halogens is 1. The SMILES string of the molecule is CC(=O)O[C@H]1C(=O)[C@@]2(C)[C@H]([C@H](OC(=O)c3ccccc3)[C@]3(O)C[C@H](OC(=O)[C@H](O)C(NC(=O)c4ccc(Cl)cc4)c4ccccc4)C(C)=C1C3(C)C)[C@]1(OC(C)=O)CO[C@@H]1C[C@@H]2O. The molecule has 1 heterocycles. The number of hydrogen-bond acceptors (Lipinski definition) is 14. The van der Waals surface area contributed by atoms with Crippen LogP contribution in [-0.4, -0.2) is 105 Å². The van der Waals surface area contributed by atoms with Gasteiger partial charge in [-0.1, -0.05) is 74.0 Å². The van der Waals surface area contributed by atoms with Crippen LogP contribution in [-0.2, 0) is 42.9 Å². The number of fused-ring (bicyclic) bond motifs is 5. The van der Waals surface area contributed by atoms with Crippen molar-refractivity contribution in [3.05, 3.63) is 118 Å². The fourth-order valence-electron chi connectivity index (χ4n) is 10.2. The first-order valence-corrected chi connectivity index (χ1v) is 21.0. The zero-order valence-corrected chi connectivity index (χ0v) is 36.3. The van der Waals surface area contributed by atoms with Gasteiger partial charge in [0.25, 0.3) is 5.91 Å². The van der Waals surface area contributed by atoms with E-state index in [2.05, 4.69) is 5.32 Å². The molecule has 11 atom stereocenters. The number of esters is 4. The molecule has 7 rings (SSSR count). The van der Waals surface area contributed by atoms with Crippen LogP contribution in [0.2, 0.25) is 5.02 Å². The number of carbonyl (C=O) groups is 6.